The van der Waals surface area contributed by atoms with Crippen LogP contribution >= 0.6 is 12.4 Å². The quantitative estimate of drug-likeness (QED) is 0.874. The molecule has 23 heavy (non-hydrogen) atoms. The van der Waals surface area contributed by atoms with Crippen LogP contribution in [-0.4, -0.2) is 38.0 Å². The fourth-order valence-corrected chi connectivity index (χ4v) is 4.62. The molecule has 0 bridgehead atoms. The van der Waals surface area contributed by atoms with Crippen molar-refractivity contribution in [1.29, 1.82) is 0 Å². The predicted molar refractivity (Wildman–Crippen MR) is 94.8 cm³/mol. The van der Waals surface area contributed by atoms with Crippen LogP contribution < -0.4 is 10.5 Å². The summed E-state index contributed by atoms with van der Waals surface area (Å²) in [4.78, 5) is 0.321. The molecule has 1 aromatic rings. The van der Waals surface area contributed by atoms with Crippen LogP contribution in [0.1, 0.15) is 38.7 Å². The van der Waals surface area contributed by atoms with E-state index in [-0.39, 0.29) is 24.6 Å². The highest BCUT2D eigenvalue weighted by Gasteiger charge is 2.32. The van der Waals surface area contributed by atoms with Crippen LogP contribution in [0.3, 0.4) is 0 Å². The van der Waals surface area contributed by atoms with E-state index in [9.17, 15) is 8.42 Å². The van der Waals surface area contributed by atoms with E-state index in [2.05, 4.69) is 0 Å². The smallest absolute Gasteiger partial charge is 0.243 e. The summed E-state index contributed by atoms with van der Waals surface area (Å²) in [6.07, 6.45) is 2.82. The Morgan fingerprint density at radius 1 is 1.35 bits per heavy atom. The standard InChI is InChI=1S/C16H26N2O3S.ClH/c1-12(2)21-16-8-7-15(10-13(16)3)22(19,20)18-9-5-4-6-14(18)11-17;/h7-8,10,12,14H,4-6,9,11,17H2,1-3H3;1H. The highest BCUT2D eigenvalue weighted by atomic mass is 35.5. The Kier molecular flexibility index (Phi) is 7.32. The van der Waals surface area contributed by atoms with Crippen LogP contribution in [0.4, 0.5) is 0 Å². The summed E-state index contributed by atoms with van der Waals surface area (Å²) in [5, 5.41) is 0. The lowest BCUT2D eigenvalue weighted by atomic mass is 10.1. The largest absolute Gasteiger partial charge is 0.491 e. The third-order valence-electron chi connectivity index (χ3n) is 3.96. The monoisotopic (exact) mass is 362 g/mol. The summed E-state index contributed by atoms with van der Waals surface area (Å²) in [5.74, 6) is 0.725. The maximum absolute atomic E-state index is 12.9. The summed E-state index contributed by atoms with van der Waals surface area (Å²) in [7, 11) is -3.49. The maximum atomic E-state index is 12.9. The number of piperidine rings is 1. The molecule has 0 amide bonds. The molecule has 1 fully saturated rings. The molecule has 1 aromatic carbocycles. The van der Waals surface area contributed by atoms with Crippen LogP contribution in [0.25, 0.3) is 0 Å². The van der Waals surface area contributed by atoms with Gasteiger partial charge in [0.1, 0.15) is 5.75 Å². The van der Waals surface area contributed by atoms with Crippen molar-refractivity contribution in [3.63, 3.8) is 0 Å². The van der Waals surface area contributed by atoms with Gasteiger partial charge in [-0.2, -0.15) is 4.31 Å². The Labute approximate surface area is 145 Å². The van der Waals surface area contributed by atoms with E-state index in [0.29, 0.717) is 18.0 Å². The number of aryl methyl sites for hydroxylation is 1. The highest BCUT2D eigenvalue weighted by Crippen LogP contribution is 2.28. The number of sulfonamides is 1. The lowest BCUT2D eigenvalue weighted by Crippen LogP contribution is -2.47. The number of rotatable bonds is 5. The van der Waals surface area contributed by atoms with Gasteiger partial charge >= 0.3 is 0 Å². The molecule has 1 aliphatic rings. The van der Waals surface area contributed by atoms with Crippen molar-refractivity contribution in [3.8, 4) is 5.75 Å². The third-order valence-corrected chi connectivity index (χ3v) is 5.91. The van der Waals surface area contributed by atoms with Crippen LogP contribution in [-0.2, 0) is 10.0 Å². The second-order valence-electron chi connectivity index (χ2n) is 6.09. The van der Waals surface area contributed by atoms with E-state index in [1.165, 1.54) is 0 Å². The molecule has 5 nitrogen and oxygen atoms in total. The first-order valence-corrected chi connectivity index (χ1v) is 9.29. The highest BCUT2D eigenvalue weighted by molar-refractivity contribution is 7.89. The van der Waals surface area contributed by atoms with Gasteiger partial charge in [0.2, 0.25) is 10.0 Å². The van der Waals surface area contributed by atoms with Gasteiger partial charge in [0.15, 0.2) is 0 Å². The fourth-order valence-electron chi connectivity index (χ4n) is 2.83. The van der Waals surface area contributed by atoms with Crippen molar-refractivity contribution >= 4 is 22.4 Å². The van der Waals surface area contributed by atoms with Crippen LogP contribution in [0.15, 0.2) is 23.1 Å². The van der Waals surface area contributed by atoms with E-state index >= 15 is 0 Å². The minimum absolute atomic E-state index is 0. The molecule has 1 aliphatic heterocycles. The summed E-state index contributed by atoms with van der Waals surface area (Å²) < 4.78 is 33.0. The van der Waals surface area contributed by atoms with Crippen molar-refractivity contribution in [2.45, 2.75) is 57.1 Å². The number of halogens is 1. The molecule has 0 aliphatic carbocycles. The van der Waals surface area contributed by atoms with Gasteiger partial charge in [-0.15, -0.1) is 12.4 Å². The van der Waals surface area contributed by atoms with Gasteiger partial charge in [0, 0.05) is 19.1 Å². The molecule has 2 rings (SSSR count). The minimum Gasteiger partial charge on any atom is -0.491 e. The number of hydrogen-bond donors (Lipinski definition) is 1. The van der Waals surface area contributed by atoms with E-state index < -0.39 is 10.0 Å². The number of nitrogens with two attached hydrogens (primary N) is 1. The van der Waals surface area contributed by atoms with Gasteiger partial charge in [0.05, 0.1) is 11.0 Å². The van der Waals surface area contributed by atoms with Gasteiger partial charge in [-0.25, -0.2) is 8.42 Å². The van der Waals surface area contributed by atoms with Gasteiger partial charge in [0.25, 0.3) is 0 Å². The fraction of sp³-hybridized carbons (Fsp3) is 0.625. The van der Waals surface area contributed by atoms with Crippen LogP contribution in [0, 0.1) is 6.92 Å². The molecule has 2 N–H and O–H groups in total. The first-order chi connectivity index (χ1) is 10.4. The Morgan fingerprint density at radius 3 is 2.61 bits per heavy atom. The summed E-state index contributed by atoms with van der Waals surface area (Å²) in [5.41, 5.74) is 6.58. The zero-order valence-electron chi connectivity index (χ0n) is 14.0. The predicted octanol–water partition coefficient (Wildman–Crippen LogP) is 2.71. The molecule has 0 spiro atoms. The summed E-state index contributed by atoms with van der Waals surface area (Å²) in [6.45, 7) is 6.68. The average molecular weight is 363 g/mol. The third kappa shape index (κ3) is 4.59. The molecule has 0 radical (unpaired) electrons. The molecule has 7 heteroatoms. The van der Waals surface area contributed by atoms with E-state index in [1.54, 1.807) is 22.5 Å². The van der Waals surface area contributed by atoms with Crippen molar-refractivity contribution in [2.75, 3.05) is 13.1 Å². The SMILES string of the molecule is Cc1cc(S(=O)(=O)N2CCCCC2CN)ccc1OC(C)C.Cl. The molecular formula is C16H27ClN2O3S. The van der Waals surface area contributed by atoms with Crippen LogP contribution in [0.5, 0.6) is 5.75 Å². The second kappa shape index (κ2) is 8.33. The topological polar surface area (TPSA) is 72.6 Å². The molecule has 0 aromatic heterocycles. The zero-order valence-corrected chi connectivity index (χ0v) is 15.6. The van der Waals surface area contributed by atoms with Crippen molar-refractivity contribution in [3.05, 3.63) is 23.8 Å². The van der Waals surface area contributed by atoms with Gasteiger partial charge in [-0.1, -0.05) is 6.42 Å². The average Bonchev–Trinajstić information content (AvgIpc) is 2.48. The van der Waals surface area contributed by atoms with E-state index in [4.69, 9.17) is 10.5 Å². The van der Waals surface area contributed by atoms with Crippen molar-refractivity contribution in [2.24, 2.45) is 5.73 Å². The zero-order chi connectivity index (χ0) is 16.3. The summed E-state index contributed by atoms with van der Waals surface area (Å²) >= 11 is 0. The Morgan fingerprint density at radius 2 is 2.04 bits per heavy atom. The Bertz CT molecular complexity index is 620. The molecule has 1 heterocycles. The van der Waals surface area contributed by atoms with Crippen molar-refractivity contribution < 1.29 is 13.2 Å². The Hall–Kier alpha value is -0.820. The summed E-state index contributed by atoms with van der Waals surface area (Å²) in [6, 6.07) is 4.96. The first kappa shape index (κ1) is 20.2. The van der Waals surface area contributed by atoms with E-state index in [0.717, 1.165) is 30.6 Å². The normalized spacial score (nSPS) is 19.4. The lowest BCUT2D eigenvalue weighted by molar-refractivity contribution is 0.240. The number of ether oxygens (including phenoxy) is 1. The lowest BCUT2D eigenvalue weighted by Gasteiger charge is -2.34. The first-order valence-electron chi connectivity index (χ1n) is 7.85. The van der Waals surface area contributed by atoms with Gasteiger partial charge in [-0.3, -0.25) is 0 Å². The second-order valence-corrected chi connectivity index (χ2v) is 7.99. The molecule has 1 saturated heterocycles. The molecule has 1 atom stereocenters. The molecule has 0 saturated carbocycles. The molecular weight excluding hydrogens is 336 g/mol. The minimum atomic E-state index is -3.49. The van der Waals surface area contributed by atoms with Crippen molar-refractivity contribution in [1.82, 2.24) is 4.31 Å². The number of nitrogens with zero attached hydrogens (tertiary/aromatic N) is 1. The molecule has 132 valence electrons. The van der Waals surface area contributed by atoms with Gasteiger partial charge in [-0.05, 0) is 57.4 Å². The van der Waals surface area contributed by atoms with Gasteiger partial charge < -0.3 is 10.5 Å². The number of hydrogen-bond acceptors (Lipinski definition) is 4. The van der Waals surface area contributed by atoms with Crippen LogP contribution in [0.2, 0.25) is 0 Å². The molecule has 1 unspecified atom stereocenters. The maximum Gasteiger partial charge on any atom is 0.243 e. The number of benzene rings is 1. The van der Waals surface area contributed by atoms with E-state index in [1.807, 2.05) is 20.8 Å². The Balaban J connectivity index is 0.00000264.